The van der Waals surface area contributed by atoms with Crippen LogP contribution in [0, 0.1) is 0 Å². The van der Waals surface area contributed by atoms with E-state index < -0.39 is 0 Å². The molecule has 0 spiro atoms. The van der Waals surface area contributed by atoms with Gasteiger partial charge in [-0.2, -0.15) is 0 Å². The highest BCUT2D eigenvalue weighted by atomic mass is 35.5. The summed E-state index contributed by atoms with van der Waals surface area (Å²) in [6.45, 7) is 0.402. The summed E-state index contributed by atoms with van der Waals surface area (Å²) < 4.78 is 7.09. The van der Waals surface area contributed by atoms with Gasteiger partial charge in [0, 0.05) is 31.0 Å². The minimum Gasteiger partial charge on any atom is -0.497 e. The van der Waals surface area contributed by atoms with Gasteiger partial charge in [-0.05, 0) is 35.4 Å². The average Bonchev–Trinajstić information content (AvgIpc) is 3.11. The molecule has 3 rings (SSSR count). The number of aryl methyl sites for hydroxylation is 1. The molecule has 0 fully saturated rings. The summed E-state index contributed by atoms with van der Waals surface area (Å²) in [6, 6.07) is 14.2. The molecule has 1 atom stereocenters. The first-order valence-corrected chi connectivity index (χ1v) is 8.84. The van der Waals surface area contributed by atoms with Gasteiger partial charge in [0.05, 0.1) is 7.11 Å². The molecule has 1 aromatic heterocycles. The molecule has 3 aromatic rings. The lowest BCUT2D eigenvalue weighted by Gasteiger charge is -2.20. The Kier molecular flexibility index (Phi) is 5.98. The summed E-state index contributed by atoms with van der Waals surface area (Å²) in [7, 11) is 3.51. The lowest BCUT2D eigenvalue weighted by atomic mass is 10.1. The first kappa shape index (κ1) is 18.8. The number of benzene rings is 2. The monoisotopic (exact) mass is 384 g/mol. The second-order valence-corrected chi connectivity index (χ2v) is 6.49. The number of hydrogen-bond acceptors (Lipinski definition) is 3. The number of hydrogen-bond donors (Lipinski definition) is 2. The van der Waals surface area contributed by atoms with Gasteiger partial charge in [-0.15, -0.1) is 0 Å². The molecule has 0 aliphatic heterocycles. The Bertz CT molecular complexity index is 891. The van der Waals surface area contributed by atoms with Crippen molar-refractivity contribution in [1.29, 1.82) is 0 Å². The maximum absolute atomic E-state index is 12.5. The van der Waals surface area contributed by atoms with Crippen molar-refractivity contribution in [2.24, 2.45) is 7.05 Å². The third-order valence-electron chi connectivity index (χ3n) is 4.21. The van der Waals surface area contributed by atoms with Gasteiger partial charge in [-0.25, -0.2) is 9.78 Å². The average molecular weight is 385 g/mol. The first-order chi connectivity index (χ1) is 13.1. The van der Waals surface area contributed by atoms with E-state index in [0.29, 0.717) is 11.6 Å². The van der Waals surface area contributed by atoms with E-state index in [0.717, 1.165) is 22.7 Å². The zero-order valence-corrected chi connectivity index (χ0v) is 15.9. The summed E-state index contributed by atoms with van der Waals surface area (Å²) in [5.74, 6) is 1.49. The first-order valence-electron chi connectivity index (χ1n) is 8.47. The zero-order chi connectivity index (χ0) is 19.2. The molecule has 140 valence electrons. The smallest absolute Gasteiger partial charge is 0.315 e. The molecule has 6 nitrogen and oxygen atoms in total. The van der Waals surface area contributed by atoms with Gasteiger partial charge in [0.2, 0.25) is 0 Å². The number of carbonyl (C=O) groups excluding carboxylic acids is 1. The second-order valence-electron chi connectivity index (χ2n) is 6.06. The van der Waals surface area contributed by atoms with E-state index in [9.17, 15) is 4.79 Å². The Morgan fingerprint density at radius 2 is 1.89 bits per heavy atom. The van der Waals surface area contributed by atoms with Gasteiger partial charge in [0.15, 0.2) is 0 Å². The van der Waals surface area contributed by atoms with Crippen molar-refractivity contribution in [3.8, 4) is 5.75 Å². The third kappa shape index (κ3) is 4.80. The molecular weight excluding hydrogens is 364 g/mol. The van der Waals surface area contributed by atoms with E-state index >= 15 is 0 Å². The fraction of sp³-hybridized carbons (Fsp3) is 0.200. The van der Waals surface area contributed by atoms with Gasteiger partial charge < -0.3 is 19.9 Å². The number of rotatable bonds is 6. The highest BCUT2D eigenvalue weighted by Gasteiger charge is 2.20. The van der Waals surface area contributed by atoms with Crippen molar-refractivity contribution in [2.75, 3.05) is 7.11 Å². The normalized spacial score (nSPS) is 11.7. The molecule has 1 heterocycles. The summed E-state index contributed by atoms with van der Waals surface area (Å²) in [4.78, 5) is 16.9. The number of halogens is 1. The summed E-state index contributed by atoms with van der Waals surface area (Å²) in [5.41, 5.74) is 1.87. The van der Waals surface area contributed by atoms with Crippen molar-refractivity contribution in [3.63, 3.8) is 0 Å². The molecule has 0 saturated heterocycles. The zero-order valence-electron chi connectivity index (χ0n) is 15.1. The van der Waals surface area contributed by atoms with Crippen LogP contribution in [0.4, 0.5) is 4.79 Å². The molecular formula is C20H21ClN4O2. The van der Waals surface area contributed by atoms with Crippen molar-refractivity contribution in [3.05, 3.63) is 82.9 Å². The number of amides is 2. The summed E-state index contributed by atoms with van der Waals surface area (Å²) in [5, 5.41) is 6.53. The van der Waals surface area contributed by atoms with Crippen molar-refractivity contribution in [1.82, 2.24) is 20.2 Å². The van der Waals surface area contributed by atoms with Crippen molar-refractivity contribution >= 4 is 17.6 Å². The van der Waals surface area contributed by atoms with E-state index in [1.165, 1.54) is 0 Å². The standard InChI is InChI=1S/C20H21ClN4O2/c1-25-12-11-22-19(25)18(15-5-9-17(27-2)10-6-15)24-20(26)23-13-14-3-7-16(21)8-4-14/h3-12,18H,13H2,1-2H3,(H2,23,24,26). The quantitative estimate of drug-likeness (QED) is 0.681. The van der Waals surface area contributed by atoms with Gasteiger partial charge in [-0.1, -0.05) is 35.9 Å². The van der Waals surface area contributed by atoms with E-state index in [4.69, 9.17) is 16.3 Å². The molecule has 2 amide bonds. The van der Waals surface area contributed by atoms with Gasteiger partial charge in [0.1, 0.15) is 17.6 Å². The van der Waals surface area contributed by atoms with E-state index in [-0.39, 0.29) is 12.1 Å². The Balaban J connectivity index is 1.73. The van der Waals surface area contributed by atoms with Crippen LogP contribution in [-0.2, 0) is 13.6 Å². The highest BCUT2D eigenvalue weighted by molar-refractivity contribution is 6.30. The number of aromatic nitrogens is 2. The molecule has 7 heteroatoms. The minimum absolute atomic E-state index is 0.284. The number of ether oxygens (including phenoxy) is 1. The molecule has 0 aliphatic rings. The summed E-state index contributed by atoms with van der Waals surface area (Å²) in [6.07, 6.45) is 3.55. The Morgan fingerprint density at radius 1 is 1.19 bits per heavy atom. The fourth-order valence-electron chi connectivity index (χ4n) is 2.72. The highest BCUT2D eigenvalue weighted by Crippen LogP contribution is 2.23. The van der Waals surface area contributed by atoms with Crippen LogP contribution in [-0.4, -0.2) is 22.7 Å². The topological polar surface area (TPSA) is 68.2 Å². The van der Waals surface area contributed by atoms with Crippen LogP contribution in [0.15, 0.2) is 60.9 Å². The van der Waals surface area contributed by atoms with Crippen LogP contribution in [0.5, 0.6) is 5.75 Å². The number of nitrogens with one attached hydrogen (secondary N) is 2. The van der Waals surface area contributed by atoms with Crippen molar-refractivity contribution < 1.29 is 9.53 Å². The number of methoxy groups -OCH3 is 1. The lowest BCUT2D eigenvalue weighted by molar-refractivity contribution is 0.237. The number of nitrogens with zero attached hydrogens (tertiary/aromatic N) is 2. The Hall–Kier alpha value is -2.99. The van der Waals surface area contributed by atoms with Gasteiger partial charge in [-0.3, -0.25) is 0 Å². The molecule has 0 saturated carbocycles. The predicted octanol–water partition coefficient (Wildman–Crippen LogP) is 3.67. The maximum Gasteiger partial charge on any atom is 0.315 e. The van der Waals surface area contributed by atoms with Crippen LogP contribution in [0.3, 0.4) is 0 Å². The number of urea groups is 1. The van der Waals surface area contributed by atoms with E-state index in [1.807, 2.05) is 54.2 Å². The third-order valence-corrected chi connectivity index (χ3v) is 4.46. The molecule has 2 N–H and O–H groups in total. The molecule has 1 unspecified atom stereocenters. The fourth-order valence-corrected chi connectivity index (χ4v) is 2.84. The lowest BCUT2D eigenvalue weighted by Crippen LogP contribution is -2.38. The molecule has 0 radical (unpaired) electrons. The van der Waals surface area contributed by atoms with Gasteiger partial charge >= 0.3 is 6.03 Å². The van der Waals surface area contributed by atoms with E-state index in [1.54, 1.807) is 25.4 Å². The Morgan fingerprint density at radius 3 is 2.48 bits per heavy atom. The van der Waals surface area contributed by atoms with Crippen LogP contribution in [0.25, 0.3) is 0 Å². The molecule has 2 aromatic carbocycles. The van der Waals surface area contributed by atoms with Crippen LogP contribution in [0.1, 0.15) is 23.0 Å². The second kappa shape index (κ2) is 8.60. The molecule has 27 heavy (non-hydrogen) atoms. The van der Waals surface area contributed by atoms with Crippen molar-refractivity contribution in [2.45, 2.75) is 12.6 Å². The largest absolute Gasteiger partial charge is 0.497 e. The summed E-state index contributed by atoms with van der Waals surface area (Å²) >= 11 is 5.89. The van der Waals surface area contributed by atoms with Crippen LogP contribution >= 0.6 is 11.6 Å². The van der Waals surface area contributed by atoms with Crippen LogP contribution in [0.2, 0.25) is 5.02 Å². The molecule has 0 bridgehead atoms. The van der Waals surface area contributed by atoms with Crippen LogP contribution < -0.4 is 15.4 Å². The minimum atomic E-state index is -0.388. The van der Waals surface area contributed by atoms with Gasteiger partial charge in [0.25, 0.3) is 0 Å². The predicted molar refractivity (Wildman–Crippen MR) is 105 cm³/mol. The number of imidazole rings is 1. The molecule has 0 aliphatic carbocycles. The van der Waals surface area contributed by atoms with E-state index in [2.05, 4.69) is 15.6 Å². The maximum atomic E-state index is 12.5. The Labute approximate surface area is 163 Å². The SMILES string of the molecule is COc1ccc(C(NC(=O)NCc2ccc(Cl)cc2)c2nccn2C)cc1. The number of carbonyl (C=O) groups is 1.